The van der Waals surface area contributed by atoms with Gasteiger partial charge < -0.3 is 10.6 Å². The molecule has 0 saturated carbocycles. The number of nitrogens with two attached hydrogens (primary N) is 1. The maximum absolute atomic E-state index is 10.3. The van der Waals surface area contributed by atoms with Gasteiger partial charge in [0.15, 0.2) is 0 Å². The standard InChI is InChI=1S/C8H16N3O/c1-11-6-2-3-7(11)4-5-10-8(9)12/h7H,2-6H2,1H3,(H2,9,12). The summed E-state index contributed by atoms with van der Waals surface area (Å²) in [7, 11) is 2.11. The molecule has 1 rings (SSSR count). The molecule has 12 heavy (non-hydrogen) atoms. The second-order valence-electron chi connectivity index (χ2n) is 3.29. The summed E-state index contributed by atoms with van der Waals surface area (Å²) in [6.45, 7) is 1.74. The molecule has 2 amide bonds. The molecule has 1 atom stereocenters. The van der Waals surface area contributed by atoms with E-state index in [0.29, 0.717) is 12.6 Å². The van der Waals surface area contributed by atoms with Crippen LogP contribution in [0.15, 0.2) is 0 Å². The first-order valence-electron chi connectivity index (χ1n) is 4.37. The Hall–Kier alpha value is -0.770. The van der Waals surface area contributed by atoms with Crippen LogP contribution in [-0.4, -0.2) is 37.1 Å². The van der Waals surface area contributed by atoms with E-state index in [-0.39, 0.29) is 0 Å². The van der Waals surface area contributed by atoms with Gasteiger partial charge in [0.25, 0.3) is 0 Å². The highest BCUT2D eigenvalue weighted by atomic mass is 16.2. The van der Waals surface area contributed by atoms with Gasteiger partial charge >= 0.3 is 6.03 Å². The zero-order valence-corrected chi connectivity index (χ0v) is 7.49. The highest BCUT2D eigenvalue weighted by Gasteiger charge is 2.20. The van der Waals surface area contributed by atoms with Crippen molar-refractivity contribution in [1.29, 1.82) is 0 Å². The van der Waals surface area contributed by atoms with Crippen LogP contribution >= 0.6 is 0 Å². The van der Waals surface area contributed by atoms with Crippen molar-refractivity contribution in [2.24, 2.45) is 5.73 Å². The molecule has 1 unspecified atom stereocenters. The zero-order chi connectivity index (χ0) is 8.97. The van der Waals surface area contributed by atoms with Gasteiger partial charge in [0, 0.05) is 12.6 Å². The molecular weight excluding hydrogens is 154 g/mol. The minimum atomic E-state index is -0.546. The molecule has 4 nitrogen and oxygen atoms in total. The highest BCUT2D eigenvalue weighted by Crippen LogP contribution is 2.16. The van der Waals surface area contributed by atoms with Gasteiger partial charge in [-0.05, 0) is 32.9 Å². The largest absolute Gasteiger partial charge is 0.350 e. The fourth-order valence-corrected chi connectivity index (χ4v) is 1.67. The van der Waals surface area contributed by atoms with E-state index in [2.05, 4.69) is 17.3 Å². The second kappa shape index (κ2) is 4.30. The smallest absolute Gasteiger partial charge is 0.333 e. The molecule has 4 heteroatoms. The Morgan fingerprint density at radius 1 is 1.75 bits per heavy atom. The van der Waals surface area contributed by atoms with Gasteiger partial charge in [-0.3, -0.25) is 0 Å². The van der Waals surface area contributed by atoms with Gasteiger partial charge in [-0.2, -0.15) is 0 Å². The SMILES string of the molecule is CN1CCCC1CC[N]C(N)=O. The van der Waals surface area contributed by atoms with Crippen molar-refractivity contribution in [2.45, 2.75) is 25.3 Å². The van der Waals surface area contributed by atoms with E-state index < -0.39 is 6.03 Å². The van der Waals surface area contributed by atoms with Gasteiger partial charge in [-0.25, -0.2) is 10.1 Å². The Balaban J connectivity index is 2.10. The van der Waals surface area contributed by atoms with Crippen LogP contribution in [0.1, 0.15) is 19.3 Å². The number of carbonyl (C=O) groups is 1. The molecule has 1 heterocycles. The lowest BCUT2D eigenvalue weighted by Gasteiger charge is -2.18. The fourth-order valence-electron chi connectivity index (χ4n) is 1.67. The zero-order valence-electron chi connectivity index (χ0n) is 7.49. The number of primary amides is 1. The third-order valence-corrected chi connectivity index (χ3v) is 2.40. The number of urea groups is 1. The van der Waals surface area contributed by atoms with Crippen LogP contribution in [0.25, 0.3) is 0 Å². The molecule has 1 radical (unpaired) electrons. The lowest BCUT2D eigenvalue weighted by molar-refractivity contribution is 0.245. The summed E-state index contributed by atoms with van der Waals surface area (Å²) in [5.74, 6) is 0. The first-order chi connectivity index (χ1) is 5.70. The topological polar surface area (TPSA) is 60.4 Å². The third-order valence-electron chi connectivity index (χ3n) is 2.40. The molecule has 69 valence electrons. The van der Waals surface area contributed by atoms with Gasteiger partial charge in [-0.15, -0.1) is 0 Å². The molecule has 0 spiro atoms. The van der Waals surface area contributed by atoms with Crippen molar-refractivity contribution in [3.05, 3.63) is 0 Å². The van der Waals surface area contributed by atoms with Crippen LogP contribution in [0.3, 0.4) is 0 Å². The van der Waals surface area contributed by atoms with Crippen LogP contribution in [-0.2, 0) is 0 Å². The van der Waals surface area contributed by atoms with Crippen molar-refractivity contribution in [3.63, 3.8) is 0 Å². The Kier molecular flexibility index (Phi) is 3.34. The van der Waals surface area contributed by atoms with Gasteiger partial charge in [0.2, 0.25) is 0 Å². The second-order valence-corrected chi connectivity index (χ2v) is 3.29. The molecule has 0 aromatic carbocycles. The third kappa shape index (κ3) is 2.70. The molecule has 1 aliphatic rings. The highest BCUT2D eigenvalue weighted by molar-refractivity contribution is 5.71. The lowest BCUT2D eigenvalue weighted by Crippen LogP contribution is -2.30. The average molecular weight is 170 g/mol. The summed E-state index contributed by atoms with van der Waals surface area (Å²) >= 11 is 0. The van der Waals surface area contributed by atoms with E-state index in [0.717, 1.165) is 6.42 Å². The van der Waals surface area contributed by atoms with E-state index in [4.69, 9.17) is 5.73 Å². The molecule has 0 aromatic rings. The molecule has 1 saturated heterocycles. The van der Waals surface area contributed by atoms with Crippen LogP contribution in [0.2, 0.25) is 0 Å². The number of hydrogen-bond donors (Lipinski definition) is 1. The molecular formula is C8H16N3O. The summed E-state index contributed by atoms with van der Waals surface area (Å²) in [5, 5.41) is 3.63. The number of nitrogens with zero attached hydrogens (tertiary/aromatic N) is 2. The van der Waals surface area contributed by atoms with E-state index in [9.17, 15) is 4.79 Å². The average Bonchev–Trinajstić information content (AvgIpc) is 2.36. The van der Waals surface area contributed by atoms with Crippen molar-refractivity contribution in [1.82, 2.24) is 10.2 Å². The lowest BCUT2D eigenvalue weighted by atomic mass is 10.1. The minimum Gasteiger partial charge on any atom is -0.350 e. The minimum absolute atomic E-state index is 0.546. The summed E-state index contributed by atoms with van der Waals surface area (Å²) in [6, 6.07) is 0.0590. The Bertz CT molecular complexity index is 160. The normalized spacial score (nSPS) is 24.2. The predicted octanol–water partition coefficient (Wildman–Crippen LogP) is 0.154. The maximum atomic E-state index is 10.3. The number of hydrogen-bond acceptors (Lipinski definition) is 2. The van der Waals surface area contributed by atoms with E-state index in [1.807, 2.05) is 0 Å². The van der Waals surface area contributed by atoms with Crippen molar-refractivity contribution < 1.29 is 4.79 Å². The number of rotatable bonds is 3. The molecule has 0 aliphatic carbocycles. The van der Waals surface area contributed by atoms with E-state index in [1.54, 1.807) is 0 Å². The maximum Gasteiger partial charge on any atom is 0.333 e. The number of amides is 2. The summed E-state index contributed by atoms with van der Waals surface area (Å²) in [5.41, 5.74) is 4.89. The van der Waals surface area contributed by atoms with Gasteiger partial charge in [0.05, 0.1) is 0 Å². The monoisotopic (exact) mass is 170 g/mol. The Labute approximate surface area is 73.1 Å². The Morgan fingerprint density at radius 2 is 2.50 bits per heavy atom. The van der Waals surface area contributed by atoms with E-state index in [1.165, 1.54) is 19.4 Å². The van der Waals surface area contributed by atoms with Gasteiger partial charge in [0.1, 0.15) is 0 Å². The summed E-state index contributed by atoms with van der Waals surface area (Å²) in [6.07, 6.45) is 3.45. The molecule has 0 aromatic heterocycles. The van der Waals surface area contributed by atoms with Crippen LogP contribution in [0.5, 0.6) is 0 Å². The number of likely N-dealkylation sites (tertiary alicyclic amines) is 1. The van der Waals surface area contributed by atoms with Crippen molar-refractivity contribution >= 4 is 6.03 Å². The summed E-state index contributed by atoms with van der Waals surface area (Å²) < 4.78 is 0. The Morgan fingerprint density at radius 3 is 3.00 bits per heavy atom. The van der Waals surface area contributed by atoms with Crippen molar-refractivity contribution in [2.75, 3.05) is 20.1 Å². The first-order valence-corrected chi connectivity index (χ1v) is 4.37. The number of carbonyl (C=O) groups excluding carboxylic acids is 1. The molecule has 1 fully saturated rings. The molecule has 0 bridgehead atoms. The quantitative estimate of drug-likeness (QED) is 0.655. The van der Waals surface area contributed by atoms with Crippen molar-refractivity contribution in [3.8, 4) is 0 Å². The van der Waals surface area contributed by atoms with Crippen LogP contribution in [0, 0.1) is 0 Å². The predicted molar refractivity (Wildman–Crippen MR) is 46.9 cm³/mol. The summed E-state index contributed by atoms with van der Waals surface area (Å²) in [4.78, 5) is 12.6. The fraction of sp³-hybridized carbons (Fsp3) is 0.875. The van der Waals surface area contributed by atoms with Gasteiger partial charge in [-0.1, -0.05) is 0 Å². The molecule has 2 N–H and O–H groups in total. The van der Waals surface area contributed by atoms with Crippen LogP contribution < -0.4 is 11.1 Å². The molecule has 1 aliphatic heterocycles. The van der Waals surface area contributed by atoms with E-state index >= 15 is 0 Å². The first kappa shape index (κ1) is 9.32. The van der Waals surface area contributed by atoms with Crippen LogP contribution in [0.4, 0.5) is 4.79 Å².